The van der Waals surface area contributed by atoms with Crippen LogP contribution in [0.5, 0.6) is 0 Å². The molecule has 1 amide bonds. The Morgan fingerprint density at radius 2 is 2.19 bits per heavy atom. The maximum absolute atomic E-state index is 12.2. The standard InChI is InChI=1S/C20H25ClN4O/c1-4-18(26)25-10-6-8-15(13-25)19-17(12-22-20(23-19)24(2)3)14-7-5-9-16(21)11-14/h5,7,9,11-12,15H,4,6,8,10,13H2,1-3H3/t15-/m1/s1. The molecule has 1 atom stereocenters. The number of likely N-dealkylation sites (tertiary alicyclic amines) is 1. The van der Waals surface area contributed by atoms with Crippen molar-refractivity contribution in [2.45, 2.75) is 32.1 Å². The number of amides is 1. The van der Waals surface area contributed by atoms with Gasteiger partial charge in [-0.15, -0.1) is 0 Å². The van der Waals surface area contributed by atoms with Crippen LogP contribution in [0.15, 0.2) is 30.5 Å². The van der Waals surface area contributed by atoms with Crippen LogP contribution in [0.25, 0.3) is 11.1 Å². The largest absolute Gasteiger partial charge is 0.347 e. The maximum atomic E-state index is 12.2. The number of hydrogen-bond acceptors (Lipinski definition) is 4. The Bertz CT molecular complexity index is 793. The van der Waals surface area contributed by atoms with Gasteiger partial charge in [-0.2, -0.15) is 0 Å². The van der Waals surface area contributed by atoms with Crippen LogP contribution in [-0.2, 0) is 4.79 Å². The van der Waals surface area contributed by atoms with Crippen LogP contribution in [0.1, 0.15) is 37.8 Å². The molecule has 138 valence electrons. The summed E-state index contributed by atoms with van der Waals surface area (Å²) in [6.45, 7) is 3.46. The van der Waals surface area contributed by atoms with E-state index in [4.69, 9.17) is 16.6 Å². The van der Waals surface area contributed by atoms with Crippen molar-refractivity contribution >= 4 is 23.5 Å². The molecule has 5 nitrogen and oxygen atoms in total. The Morgan fingerprint density at radius 1 is 1.38 bits per heavy atom. The second-order valence-electron chi connectivity index (χ2n) is 6.91. The number of aromatic nitrogens is 2. The van der Waals surface area contributed by atoms with Crippen LogP contribution in [-0.4, -0.2) is 48.0 Å². The van der Waals surface area contributed by atoms with Gasteiger partial charge in [0, 0.05) is 56.3 Å². The van der Waals surface area contributed by atoms with E-state index >= 15 is 0 Å². The number of halogens is 1. The molecule has 1 aromatic heterocycles. The molecule has 6 heteroatoms. The molecule has 0 radical (unpaired) electrons. The summed E-state index contributed by atoms with van der Waals surface area (Å²) in [4.78, 5) is 25.4. The Balaban J connectivity index is 2.02. The first-order chi connectivity index (χ1) is 12.5. The molecule has 0 aliphatic carbocycles. The third kappa shape index (κ3) is 3.98. The number of carbonyl (C=O) groups excluding carboxylic acids is 1. The Labute approximate surface area is 160 Å². The average Bonchev–Trinajstić information content (AvgIpc) is 2.67. The van der Waals surface area contributed by atoms with E-state index in [1.807, 2.05) is 61.3 Å². The van der Waals surface area contributed by atoms with Gasteiger partial charge in [0.05, 0.1) is 5.69 Å². The minimum absolute atomic E-state index is 0.204. The molecule has 1 fully saturated rings. The predicted octanol–water partition coefficient (Wildman–Crippen LogP) is 3.98. The molecule has 2 aromatic rings. The molecule has 1 saturated heterocycles. The van der Waals surface area contributed by atoms with Crippen LogP contribution in [0.3, 0.4) is 0 Å². The molecule has 1 aromatic carbocycles. The lowest BCUT2D eigenvalue weighted by atomic mass is 9.90. The van der Waals surface area contributed by atoms with Crippen LogP contribution < -0.4 is 4.90 Å². The van der Waals surface area contributed by atoms with E-state index < -0.39 is 0 Å². The van der Waals surface area contributed by atoms with Gasteiger partial charge in [-0.05, 0) is 30.5 Å². The summed E-state index contributed by atoms with van der Waals surface area (Å²) in [7, 11) is 3.87. The van der Waals surface area contributed by atoms with Crippen molar-refractivity contribution < 1.29 is 4.79 Å². The summed E-state index contributed by atoms with van der Waals surface area (Å²) in [5.41, 5.74) is 3.00. The summed E-state index contributed by atoms with van der Waals surface area (Å²) in [6.07, 6.45) is 4.43. The van der Waals surface area contributed by atoms with Crippen molar-refractivity contribution in [1.82, 2.24) is 14.9 Å². The fourth-order valence-corrected chi connectivity index (χ4v) is 3.63. The number of nitrogens with zero attached hydrogens (tertiary/aromatic N) is 4. The van der Waals surface area contributed by atoms with Crippen molar-refractivity contribution in [3.8, 4) is 11.1 Å². The zero-order chi connectivity index (χ0) is 18.7. The number of rotatable bonds is 4. The molecular weight excluding hydrogens is 348 g/mol. The molecule has 1 aliphatic rings. The summed E-state index contributed by atoms with van der Waals surface area (Å²) in [5.74, 6) is 1.10. The van der Waals surface area contributed by atoms with Gasteiger partial charge in [0.15, 0.2) is 0 Å². The number of anilines is 1. The Kier molecular flexibility index (Phi) is 5.77. The Hall–Kier alpha value is -2.14. The lowest BCUT2D eigenvalue weighted by Crippen LogP contribution is -2.39. The first-order valence-corrected chi connectivity index (χ1v) is 9.45. The van der Waals surface area contributed by atoms with Gasteiger partial charge in [0.1, 0.15) is 0 Å². The first-order valence-electron chi connectivity index (χ1n) is 9.07. The maximum Gasteiger partial charge on any atom is 0.225 e. The molecule has 0 unspecified atom stereocenters. The smallest absolute Gasteiger partial charge is 0.225 e. The highest BCUT2D eigenvalue weighted by Gasteiger charge is 2.27. The summed E-state index contributed by atoms with van der Waals surface area (Å²) in [6, 6.07) is 7.77. The quantitative estimate of drug-likeness (QED) is 0.814. The van der Waals surface area contributed by atoms with E-state index in [0.29, 0.717) is 23.9 Å². The fourth-order valence-electron chi connectivity index (χ4n) is 3.44. The van der Waals surface area contributed by atoms with Gasteiger partial charge in [0.2, 0.25) is 11.9 Å². The number of piperidine rings is 1. The summed E-state index contributed by atoms with van der Waals surface area (Å²) < 4.78 is 0. The van der Waals surface area contributed by atoms with Gasteiger partial charge in [-0.25, -0.2) is 9.97 Å². The van der Waals surface area contributed by atoms with Crippen molar-refractivity contribution in [1.29, 1.82) is 0 Å². The molecule has 0 spiro atoms. The fraction of sp³-hybridized carbons (Fsp3) is 0.450. The van der Waals surface area contributed by atoms with Crippen LogP contribution >= 0.6 is 11.6 Å². The topological polar surface area (TPSA) is 49.3 Å². The van der Waals surface area contributed by atoms with Gasteiger partial charge in [-0.3, -0.25) is 4.79 Å². The highest BCUT2D eigenvalue weighted by atomic mass is 35.5. The zero-order valence-electron chi connectivity index (χ0n) is 15.6. The van der Waals surface area contributed by atoms with E-state index in [9.17, 15) is 4.79 Å². The van der Waals surface area contributed by atoms with Gasteiger partial charge in [-0.1, -0.05) is 30.7 Å². The molecule has 0 N–H and O–H groups in total. The van der Waals surface area contributed by atoms with Crippen molar-refractivity contribution in [3.05, 3.63) is 41.2 Å². The average molecular weight is 373 g/mol. The summed E-state index contributed by atoms with van der Waals surface area (Å²) >= 11 is 6.20. The van der Waals surface area contributed by atoms with Crippen LogP contribution in [0.4, 0.5) is 5.95 Å². The molecule has 3 rings (SSSR count). The number of benzene rings is 1. The minimum atomic E-state index is 0.204. The minimum Gasteiger partial charge on any atom is -0.347 e. The lowest BCUT2D eigenvalue weighted by Gasteiger charge is -2.33. The van der Waals surface area contributed by atoms with E-state index in [1.54, 1.807) is 0 Å². The third-order valence-electron chi connectivity index (χ3n) is 4.80. The second-order valence-corrected chi connectivity index (χ2v) is 7.34. The van der Waals surface area contributed by atoms with Crippen LogP contribution in [0.2, 0.25) is 5.02 Å². The van der Waals surface area contributed by atoms with Gasteiger partial charge in [0.25, 0.3) is 0 Å². The van der Waals surface area contributed by atoms with Crippen molar-refractivity contribution in [3.63, 3.8) is 0 Å². The van der Waals surface area contributed by atoms with E-state index in [1.165, 1.54) is 0 Å². The molecule has 0 bridgehead atoms. The highest BCUT2D eigenvalue weighted by Crippen LogP contribution is 2.34. The van der Waals surface area contributed by atoms with Crippen molar-refractivity contribution in [2.75, 3.05) is 32.1 Å². The zero-order valence-corrected chi connectivity index (χ0v) is 16.3. The lowest BCUT2D eigenvalue weighted by molar-refractivity contribution is -0.132. The molecular formula is C20H25ClN4O. The SMILES string of the molecule is CCC(=O)N1CCC[C@@H](c2nc(N(C)C)ncc2-c2cccc(Cl)c2)C1. The van der Waals surface area contributed by atoms with E-state index in [2.05, 4.69) is 4.98 Å². The third-order valence-corrected chi connectivity index (χ3v) is 5.04. The van der Waals surface area contributed by atoms with Gasteiger partial charge < -0.3 is 9.80 Å². The van der Waals surface area contributed by atoms with E-state index in [-0.39, 0.29) is 11.8 Å². The van der Waals surface area contributed by atoms with Crippen molar-refractivity contribution in [2.24, 2.45) is 0 Å². The molecule has 2 heterocycles. The first kappa shape index (κ1) is 18.6. The molecule has 0 saturated carbocycles. The normalized spacial score (nSPS) is 17.2. The predicted molar refractivity (Wildman–Crippen MR) is 106 cm³/mol. The molecule has 26 heavy (non-hydrogen) atoms. The molecule has 1 aliphatic heterocycles. The summed E-state index contributed by atoms with van der Waals surface area (Å²) in [5, 5.41) is 0.691. The second kappa shape index (κ2) is 8.04. The van der Waals surface area contributed by atoms with E-state index in [0.717, 1.165) is 36.2 Å². The highest BCUT2D eigenvalue weighted by molar-refractivity contribution is 6.30. The van der Waals surface area contributed by atoms with Gasteiger partial charge >= 0.3 is 0 Å². The number of carbonyl (C=O) groups is 1. The van der Waals surface area contributed by atoms with Crippen LogP contribution in [0, 0.1) is 0 Å². The number of hydrogen-bond donors (Lipinski definition) is 0. The monoisotopic (exact) mass is 372 g/mol. The Morgan fingerprint density at radius 3 is 2.88 bits per heavy atom.